The molecule has 134 valence electrons. The predicted octanol–water partition coefficient (Wildman–Crippen LogP) is 1.70. The van der Waals surface area contributed by atoms with Crippen LogP contribution in [-0.2, 0) is 14.8 Å². The van der Waals surface area contributed by atoms with E-state index in [0.717, 1.165) is 12.8 Å². The van der Waals surface area contributed by atoms with E-state index >= 15 is 0 Å². The van der Waals surface area contributed by atoms with Crippen molar-refractivity contribution in [1.29, 1.82) is 0 Å². The number of ether oxygens (including phenoxy) is 1. The highest BCUT2D eigenvalue weighted by Gasteiger charge is 2.39. The summed E-state index contributed by atoms with van der Waals surface area (Å²) in [5.74, 6) is -0.257. The molecule has 0 N–H and O–H groups in total. The fraction of sp³-hybridized carbons (Fsp3) is 0.688. The predicted molar refractivity (Wildman–Crippen MR) is 87.2 cm³/mol. The third-order valence-corrected chi connectivity index (χ3v) is 6.36. The Morgan fingerprint density at radius 1 is 1.25 bits per heavy atom. The van der Waals surface area contributed by atoms with Crippen molar-refractivity contribution in [3.05, 3.63) is 17.9 Å². The minimum absolute atomic E-state index is 0.0509. The number of hydrogen-bond donors (Lipinski definition) is 0. The topological polar surface area (TPSA) is 80.1 Å². The maximum atomic E-state index is 12.8. The minimum atomic E-state index is -3.65. The Morgan fingerprint density at radius 2 is 1.92 bits per heavy atom. The first kappa shape index (κ1) is 17.4. The van der Waals surface area contributed by atoms with E-state index < -0.39 is 15.6 Å². The molecule has 8 heteroatoms. The molecule has 0 saturated carbocycles. The van der Waals surface area contributed by atoms with Crippen molar-refractivity contribution in [1.82, 2.24) is 9.21 Å². The molecule has 3 rings (SSSR count). The van der Waals surface area contributed by atoms with Crippen LogP contribution in [0.25, 0.3) is 0 Å². The summed E-state index contributed by atoms with van der Waals surface area (Å²) in [7, 11) is -3.65. The molecule has 0 aliphatic carbocycles. The molecule has 0 spiro atoms. The summed E-state index contributed by atoms with van der Waals surface area (Å²) in [5.41, 5.74) is -0.468. The molecule has 2 aliphatic heterocycles. The van der Waals surface area contributed by atoms with Gasteiger partial charge in [-0.2, -0.15) is 4.31 Å². The van der Waals surface area contributed by atoms with Crippen molar-refractivity contribution in [2.75, 3.05) is 26.2 Å². The molecule has 2 saturated heterocycles. The highest BCUT2D eigenvalue weighted by atomic mass is 32.2. The van der Waals surface area contributed by atoms with Gasteiger partial charge in [0.1, 0.15) is 0 Å². The van der Waals surface area contributed by atoms with Gasteiger partial charge in [0.2, 0.25) is 5.09 Å². The second-order valence-corrected chi connectivity index (χ2v) is 8.95. The average Bonchev–Trinajstić information content (AvgIpc) is 3.20. The van der Waals surface area contributed by atoms with Gasteiger partial charge >= 0.3 is 0 Å². The van der Waals surface area contributed by atoms with Gasteiger partial charge in [-0.3, -0.25) is 4.79 Å². The molecule has 2 fully saturated rings. The number of amides is 1. The Hall–Kier alpha value is -1.38. The van der Waals surface area contributed by atoms with Gasteiger partial charge in [-0.1, -0.05) is 0 Å². The summed E-state index contributed by atoms with van der Waals surface area (Å²) in [6.45, 7) is 7.62. The van der Waals surface area contributed by atoms with Crippen molar-refractivity contribution in [3.63, 3.8) is 0 Å². The molecular weight excluding hydrogens is 332 g/mol. The van der Waals surface area contributed by atoms with Crippen molar-refractivity contribution >= 4 is 15.9 Å². The maximum Gasteiger partial charge on any atom is 0.290 e. The van der Waals surface area contributed by atoms with Crippen LogP contribution in [0.4, 0.5) is 0 Å². The number of rotatable bonds is 3. The van der Waals surface area contributed by atoms with E-state index in [1.165, 1.54) is 16.4 Å². The van der Waals surface area contributed by atoms with Crippen LogP contribution in [0.1, 0.15) is 44.2 Å². The maximum absolute atomic E-state index is 12.8. The van der Waals surface area contributed by atoms with Gasteiger partial charge < -0.3 is 14.1 Å². The molecule has 0 bridgehead atoms. The number of carbonyl (C=O) groups is 1. The molecule has 0 unspecified atom stereocenters. The number of carbonyl (C=O) groups excluding carboxylic acids is 1. The minimum Gasteiger partial charge on any atom is -0.438 e. The Bertz CT molecular complexity index is 719. The quantitative estimate of drug-likeness (QED) is 0.823. The Labute approximate surface area is 142 Å². The van der Waals surface area contributed by atoms with E-state index in [4.69, 9.17) is 9.15 Å². The lowest BCUT2D eigenvalue weighted by Crippen LogP contribution is -2.57. The first-order valence-electron chi connectivity index (χ1n) is 8.25. The second-order valence-electron chi connectivity index (χ2n) is 7.08. The molecule has 1 aromatic heterocycles. The van der Waals surface area contributed by atoms with Crippen LogP contribution >= 0.6 is 0 Å². The molecule has 0 aromatic carbocycles. The summed E-state index contributed by atoms with van der Waals surface area (Å²) in [6, 6.07) is 2.82. The lowest BCUT2D eigenvalue weighted by Gasteiger charge is -2.44. The molecule has 7 nitrogen and oxygen atoms in total. The van der Waals surface area contributed by atoms with E-state index in [2.05, 4.69) is 0 Å². The smallest absolute Gasteiger partial charge is 0.290 e. The lowest BCUT2D eigenvalue weighted by atomic mass is 10.0. The fourth-order valence-electron chi connectivity index (χ4n) is 3.10. The summed E-state index contributed by atoms with van der Waals surface area (Å²) in [5, 5.41) is -0.160. The molecule has 2 aliphatic rings. The van der Waals surface area contributed by atoms with Crippen LogP contribution < -0.4 is 0 Å². The van der Waals surface area contributed by atoms with Crippen molar-refractivity contribution in [2.24, 2.45) is 0 Å². The monoisotopic (exact) mass is 356 g/mol. The highest BCUT2D eigenvalue weighted by Crippen LogP contribution is 2.27. The Kier molecular flexibility index (Phi) is 4.48. The number of hydrogen-bond acceptors (Lipinski definition) is 5. The third-order valence-electron chi connectivity index (χ3n) is 4.59. The summed E-state index contributed by atoms with van der Waals surface area (Å²) in [6.07, 6.45) is 1.64. The molecule has 3 heterocycles. The largest absolute Gasteiger partial charge is 0.438 e. The Balaban J connectivity index is 1.83. The highest BCUT2D eigenvalue weighted by molar-refractivity contribution is 7.89. The molecule has 0 radical (unpaired) electrons. The van der Waals surface area contributed by atoms with E-state index in [-0.39, 0.29) is 22.9 Å². The van der Waals surface area contributed by atoms with Gasteiger partial charge in [0, 0.05) is 19.6 Å². The second kappa shape index (κ2) is 6.16. The number of furan rings is 1. The SMILES string of the molecule is C[C@H]1CN(C(=O)c2ccc(S(=O)(=O)N3CCCC3)o2)C(C)(C)CO1. The zero-order valence-electron chi connectivity index (χ0n) is 14.3. The molecule has 1 atom stereocenters. The first-order chi connectivity index (χ1) is 11.2. The van der Waals surface area contributed by atoms with E-state index in [9.17, 15) is 13.2 Å². The molecule has 24 heavy (non-hydrogen) atoms. The van der Waals surface area contributed by atoms with Gasteiger partial charge in [0.05, 0.1) is 18.2 Å². The zero-order chi connectivity index (χ0) is 17.5. The number of sulfonamides is 1. The van der Waals surface area contributed by atoms with Gasteiger partial charge in [-0.25, -0.2) is 8.42 Å². The molecule has 1 aromatic rings. The van der Waals surface area contributed by atoms with Crippen LogP contribution in [-0.4, -0.2) is 61.4 Å². The summed E-state index contributed by atoms with van der Waals surface area (Å²) in [4.78, 5) is 14.5. The van der Waals surface area contributed by atoms with Crippen LogP contribution in [0.3, 0.4) is 0 Å². The average molecular weight is 356 g/mol. The Morgan fingerprint density at radius 3 is 2.58 bits per heavy atom. The van der Waals surface area contributed by atoms with E-state index in [1.807, 2.05) is 20.8 Å². The van der Waals surface area contributed by atoms with Gasteiger partial charge in [0.15, 0.2) is 5.76 Å². The van der Waals surface area contributed by atoms with Crippen molar-refractivity contribution in [3.8, 4) is 0 Å². The lowest BCUT2D eigenvalue weighted by molar-refractivity contribution is -0.0765. The third kappa shape index (κ3) is 3.10. The standard InChI is InChI=1S/C16H24N2O5S/c1-12-10-18(16(2,3)11-22-12)15(19)13-6-7-14(23-13)24(20,21)17-8-4-5-9-17/h6-7,12H,4-5,8-11H2,1-3H3/t12-/m0/s1. The van der Waals surface area contributed by atoms with Crippen LogP contribution in [0.2, 0.25) is 0 Å². The zero-order valence-corrected chi connectivity index (χ0v) is 15.1. The van der Waals surface area contributed by atoms with Crippen LogP contribution in [0, 0.1) is 0 Å². The fourth-order valence-corrected chi connectivity index (χ4v) is 4.53. The van der Waals surface area contributed by atoms with Crippen molar-refractivity contribution < 1.29 is 22.4 Å². The van der Waals surface area contributed by atoms with Crippen molar-refractivity contribution in [2.45, 2.75) is 50.3 Å². The normalized spacial score (nSPS) is 25.1. The summed E-state index contributed by atoms with van der Waals surface area (Å²) < 4.78 is 37.5. The van der Waals surface area contributed by atoms with Crippen LogP contribution in [0.15, 0.2) is 21.6 Å². The number of morpholine rings is 1. The molecule has 1 amide bonds. The first-order valence-corrected chi connectivity index (χ1v) is 9.69. The van der Waals surface area contributed by atoms with E-state index in [0.29, 0.717) is 26.2 Å². The van der Waals surface area contributed by atoms with Gasteiger partial charge in [-0.05, 0) is 45.7 Å². The molecular formula is C16H24N2O5S. The van der Waals surface area contributed by atoms with Crippen LogP contribution in [0.5, 0.6) is 0 Å². The van der Waals surface area contributed by atoms with Gasteiger partial charge in [0.25, 0.3) is 15.9 Å². The number of nitrogens with zero attached hydrogens (tertiary/aromatic N) is 2. The summed E-state index contributed by atoms with van der Waals surface area (Å²) >= 11 is 0. The van der Waals surface area contributed by atoms with Gasteiger partial charge in [-0.15, -0.1) is 0 Å². The van der Waals surface area contributed by atoms with E-state index in [1.54, 1.807) is 4.90 Å².